The van der Waals surface area contributed by atoms with E-state index < -0.39 is 0 Å². The summed E-state index contributed by atoms with van der Waals surface area (Å²) in [5, 5.41) is 1.51. The molecule has 2 heterocycles. The largest absolute Gasteiger partial charge is 0.288 e. The van der Waals surface area contributed by atoms with Crippen LogP contribution in [0.2, 0.25) is 5.02 Å². The second kappa shape index (κ2) is 7.07. The van der Waals surface area contributed by atoms with Gasteiger partial charge < -0.3 is 0 Å². The maximum absolute atomic E-state index is 12.5. The summed E-state index contributed by atoms with van der Waals surface area (Å²) in [6, 6.07) is 11.4. The number of allylic oxidation sites excluding steroid dienone is 1. The van der Waals surface area contributed by atoms with Crippen molar-refractivity contribution in [3.8, 4) is 10.6 Å². The minimum Gasteiger partial charge on any atom is -0.288 e. The molecular weight excluding hydrogens is 340 g/mol. The van der Waals surface area contributed by atoms with Crippen molar-refractivity contribution in [3.63, 3.8) is 0 Å². The van der Waals surface area contributed by atoms with E-state index >= 15 is 0 Å². The maximum atomic E-state index is 12.5. The van der Waals surface area contributed by atoms with Gasteiger partial charge in [-0.05, 0) is 37.3 Å². The van der Waals surface area contributed by atoms with Crippen LogP contribution >= 0.6 is 22.9 Å². The van der Waals surface area contributed by atoms with Crippen molar-refractivity contribution >= 4 is 34.8 Å². The SMILES string of the molecule is Cc1nc(-c2ccc(Cl)cc2)sc1C(=O)C=Cc1ccc[n+](C)c1. The number of carbonyl (C=O) groups excluding carboxylic acids is 1. The second-order valence-electron chi connectivity index (χ2n) is 5.44. The number of rotatable bonds is 4. The number of nitrogens with zero attached hydrogens (tertiary/aromatic N) is 2. The van der Waals surface area contributed by atoms with E-state index in [1.54, 1.807) is 6.08 Å². The number of pyridine rings is 1. The van der Waals surface area contributed by atoms with Crippen molar-refractivity contribution in [2.75, 3.05) is 0 Å². The Bertz CT molecular complexity index is 913. The molecule has 0 amide bonds. The van der Waals surface area contributed by atoms with Crippen molar-refractivity contribution in [1.29, 1.82) is 0 Å². The molecule has 0 aliphatic carbocycles. The lowest BCUT2D eigenvalue weighted by Gasteiger charge is -1.95. The van der Waals surface area contributed by atoms with E-state index in [-0.39, 0.29) is 5.78 Å². The summed E-state index contributed by atoms with van der Waals surface area (Å²) in [6.07, 6.45) is 7.33. The van der Waals surface area contributed by atoms with Crippen LogP contribution < -0.4 is 4.57 Å². The molecule has 0 spiro atoms. The van der Waals surface area contributed by atoms with Gasteiger partial charge in [-0.2, -0.15) is 0 Å². The topological polar surface area (TPSA) is 33.8 Å². The third-order valence-corrected chi connectivity index (χ3v) is 4.97. The number of halogens is 1. The standard InChI is InChI=1S/C19H16ClN2OS/c1-13-18(17(23)10-5-14-4-3-11-22(2)12-14)24-19(21-13)15-6-8-16(20)9-7-15/h3-12H,1-2H3/q+1. The van der Waals surface area contributed by atoms with E-state index in [1.165, 1.54) is 11.3 Å². The van der Waals surface area contributed by atoms with Crippen LogP contribution in [0.4, 0.5) is 0 Å². The van der Waals surface area contributed by atoms with Gasteiger partial charge in [0.1, 0.15) is 12.1 Å². The Balaban J connectivity index is 1.84. The van der Waals surface area contributed by atoms with Crippen LogP contribution in [0, 0.1) is 6.92 Å². The fraction of sp³-hybridized carbons (Fsp3) is 0.105. The van der Waals surface area contributed by atoms with Crippen LogP contribution in [-0.2, 0) is 7.05 Å². The van der Waals surface area contributed by atoms with Crippen LogP contribution in [0.1, 0.15) is 20.9 Å². The van der Waals surface area contributed by atoms with Gasteiger partial charge in [0.2, 0.25) is 0 Å². The first-order chi connectivity index (χ1) is 11.5. The number of aryl methyl sites for hydroxylation is 2. The van der Waals surface area contributed by atoms with E-state index in [1.807, 2.05) is 73.4 Å². The number of hydrogen-bond donors (Lipinski definition) is 0. The van der Waals surface area contributed by atoms with Crippen LogP contribution in [-0.4, -0.2) is 10.8 Å². The molecule has 1 aromatic carbocycles. The van der Waals surface area contributed by atoms with Crippen molar-refractivity contribution in [3.05, 3.63) is 76.0 Å². The Morgan fingerprint density at radius 3 is 2.71 bits per heavy atom. The van der Waals surface area contributed by atoms with Gasteiger partial charge >= 0.3 is 0 Å². The number of aromatic nitrogens is 2. The molecule has 0 aliphatic heterocycles. The molecule has 120 valence electrons. The molecule has 0 aliphatic rings. The van der Waals surface area contributed by atoms with Gasteiger partial charge in [-0.15, -0.1) is 11.3 Å². The lowest BCUT2D eigenvalue weighted by Crippen LogP contribution is -2.26. The minimum absolute atomic E-state index is 0.0308. The lowest BCUT2D eigenvalue weighted by atomic mass is 10.2. The molecule has 0 radical (unpaired) electrons. The number of carbonyl (C=O) groups is 1. The van der Waals surface area contributed by atoms with Crippen molar-refractivity contribution in [1.82, 2.24) is 4.98 Å². The highest BCUT2D eigenvalue weighted by Gasteiger charge is 2.14. The van der Waals surface area contributed by atoms with E-state index in [9.17, 15) is 4.79 Å². The first-order valence-corrected chi connectivity index (χ1v) is 8.63. The predicted molar refractivity (Wildman–Crippen MR) is 98.3 cm³/mol. The smallest absolute Gasteiger partial charge is 0.197 e. The molecule has 0 fully saturated rings. The third-order valence-electron chi connectivity index (χ3n) is 3.50. The van der Waals surface area contributed by atoms with Crippen LogP contribution in [0.15, 0.2) is 54.9 Å². The highest BCUT2D eigenvalue weighted by atomic mass is 35.5. The van der Waals surface area contributed by atoms with E-state index in [4.69, 9.17) is 11.6 Å². The fourth-order valence-corrected chi connectivity index (χ4v) is 3.42. The molecule has 3 nitrogen and oxygen atoms in total. The normalized spacial score (nSPS) is 11.1. The Hall–Kier alpha value is -2.30. The monoisotopic (exact) mass is 355 g/mol. The fourth-order valence-electron chi connectivity index (χ4n) is 2.30. The van der Waals surface area contributed by atoms with Gasteiger partial charge in [0.25, 0.3) is 0 Å². The molecule has 5 heteroatoms. The predicted octanol–water partition coefficient (Wildman–Crippen LogP) is 4.49. The quantitative estimate of drug-likeness (QED) is 0.392. The second-order valence-corrected chi connectivity index (χ2v) is 6.88. The first kappa shape index (κ1) is 16.6. The Kier molecular flexibility index (Phi) is 4.88. The van der Waals surface area contributed by atoms with E-state index in [2.05, 4.69) is 4.98 Å². The zero-order valence-electron chi connectivity index (χ0n) is 13.4. The lowest BCUT2D eigenvalue weighted by molar-refractivity contribution is -0.671. The molecule has 0 unspecified atom stereocenters. The van der Waals surface area contributed by atoms with Gasteiger partial charge in [0.15, 0.2) is 18.2 Å². The summed E-state index contributed by atoms with van der Waals surface area (Å²) in [5.41, 5.74) is 2.69. The molecule has 0 saturated carbocycles. The zero-order chi connectivity index (χ0) is 17.1. The number of ketones is 1. The summed E-state index contributed by atoms with van der Waals surface area (Å²) < 4.78 is 1.95. The number of hydrogen-bond acceptors (Lipinski definition) is 3. The highest BCUT2D eigenvalue weighted by molar-refractivity contribution is 7.17. The van der Waals surface area contributed by atoms with Crippen LogP contribution in [0.25, 0.3) is 16.6 Å². The third kappa shape index (κ3) is 3.78. The van der Waals surface area contributed by atoms with Gasteiger partial charge in [0, 0.05) is 22.2 Å². The summed E-state index contributed by atoms with van der Waals surface area (Å²) in [4.78, 5) is 17.7. The van der Waals surface area contributed by atoms with Crippen molar-refractivity contribution in [2.45, 2.75) is 6.92 Å². The average Bonchev–Trinajstić information content (AvgIpc) is 2.95. The van der Waals surface area contributed by atoms with E-state index in [0.29, 0.717) is 9.90 Å². The number of benzene rings is 1. The Morgan fingerprint density at radius 1 is 1.25 bits per heavy atom. The molecule has 0 saturated heterocycles. The summed E-state index contributed by atoms with van der Waals surface area (Å²) in [5.74, 6) is -0.0308. The summed E-state index contributed by atoms with van der Waals surface area (Å²) in [6.45, 7) is 1.86. The molecule has 3 aromatic rings. The highest BCUT2D eigenvalue weighted by Crippen LogP contribution is 2.29. The average molecular weight is 356 g/mol. The van der Waals surface area contributed by atoms with Crippen LogP contribution in [0.3, 0.4) is 0 Å². The van der Waals surface area contributed by atoms with Crippen LogP contribution in [0.5, 0.6) is 0 Å². The molecule has 0 N–H and O–H groups in total. The van der Waals surface area contributed by atoms with Gasteiger partial charge in [-0.1, -0.05) is 23.7 Å². The Morgan fingerprint density at radius 2 is 2.00 bits per heavy atom. The molecule has 0 bridgehead atoms. The number of thiazole rings is 1. The van der Waals surface area contributed by atoms with Gasteiger partial charge in [-0.25, -0.2) is 9.55 Å². The molecular formula is C19H16ClN2OS+. The molecule has 3 rings (SSSR count). The summed E-state index contributed by atoms with van der Waals surface area (Å²) >= 11 is 7.32. The van der Waals surface area contributed by atoms with Gasteiger partial charge in [0.05, 0.1) is 10.6 Å². The van der Waals surface area contributed by atoms with Crippen molar-refractivity contribution < 1.29 is 9.36 Å². The minimum atomic E-state index is -0.0308. The molecule has 24 heavy (non-hydrogen) atoms. The first-order valence-electron chi connectivity index (χ1n) is 7.44. The van der Waals surface area contributed by atoms with E-state index in [0.717, 1.165) is 21.8 Å². The van der Waals surface area contributed by atoms with Gasteiger partial charge in [-0.3, -0.25) is 4.79 Å². The summed E-state index contributed by atoms with van der Waals surface area (Å²) in [7, 11) is 1.95. The van der Waals surface area contributed by atoms with Crippen molar-refractivity contribution in [2.24, 2.45) is 7.05 Å². The molecule has 0 atom stereocenters. The molecule has 2 aromatic heterocycles. The Labute approximate surface area is 149 Å². The maximum Gasteiger partial charge on any atom is 0.197 e. The zero-order valence-corrected chi connectivity index (χ0v) is 14.9.